The van der Waals surface area contributed by atoms with E-state index in [4.69, 9.17) is 5.11 Å². The number of nitrogens with one attached hydrogen (secondary N) is 3. The van der Waals surface area contributed by atoms with E-state index in [9.17, 15) is 9.59 Å². The first-order valence-corrected chi connectivity index (χ1v) is 6.15. The molecular weight excluding hydrogens is 280 g/mol. The van der Waals surface area contributed by atoms with E-state index in [0.29, 0.717) is 17.9 Å². The monoisotopic (exact) mass is 294 g/mol. The first-order valence-electron chi connectivity index (χ1n) is 6.15. The van der Waals surface area contributed by atoms with Crippen LogP contribution in [0.25, 0.3) is 0 Å². The largest absolute Gasteiger partial charge is 0.480 e. The van der Waals surface area contributed by atoms with Gasteiger partial charge in [0.15, 0.2) is 5.82 Å². The van der Waals surface area contributed by atoms with Gasteiger partial charge in [-0.25, -0.2) is 14.6 Å². The molecule has 21 heavy (non-hydrogen) atoms. The number of aliphatic carboxylic acids is 1. The Kier molecular flexibility index (Phi) is 4.85. The Morgan fingerprint density at radius 1 is 1.48 bits per heavy atom. The second-order valence-corrected chi connectivity index (χ2v) is 4.17. The average molecular weight is 294 g/mol. The zero-order valence-corrected chi connectivity index (χ0v) is 10.9. The van der Waals surface area contributed by atoms with Gasteiger partial charge in [-0.2, -0.15) is 4.98 Å². The van der Waals surface area contributed by atoms with Crippen LogP contribution < -0.4 is 10.6 Å². The number of carbonyl (C=O) groups is 2. The third-order valence-corrected chi connectivity index (χ3v) is 2.62. The fourth-order valence-corrected chi connectivity index (χ4v) is 1.62. The highest BCUT2D eigenvalue weighted by Crippen LogP contribution is 1.98. The molecule has 0 fully saturated rings. The summed E-state index contributed by atoms with van der Waals surface area (Å²) in [7, 11) is 0. The molecule has 0 saturated heterocycles. The zero-order valence-electron chi connectivity index (χ0n) is 10.9. The molecule has 0 unspecified atom stereocenters. The van der Waals surface area contributed by atoms with Gasteiger partial charge in [0, 0.05) is 31.3 Å². The number of aromatic amines is 1. The van der Waals surface area contributed by atoms with Crippen molar-refractivity contribution in [1.82, 2.24) is 30.7 Å². The molecule has 0 radical (unpaired) electrons. The lowest BCUT2D eigenvalue weighted by Crippen LogP contribution is -2.47. The van der Waals surface area contributed by atoms with Gasteiger partial charge in [-0.15, -0.1) is 0 Å². The standard InChI is InChI=1S/C11H14N6O4/c18-10(19)8(3-7-4-12-5-14-7)16-11(20)13-2-1-9-15-6-21-17-9/h4-6,8H,1-3H2,(H,12,14)(H,18,19)(H2,13,16,20)/t8-/m0/s1. The van der Waals surface area contributed by atoms with Crippen LogP contribution in [0.5, 0.6) is 0 Å². The second kappa shape index (κ2) is 7.03. The number of nitrogens with zero attached hydrogens (tertiary/aromatic N) is 3. The Morgan fingerprint density at radius 3 is 2.95 bits per heavy atom. The molecule has 2 rings (SSSR count). The summed E-state index contributed by atoms with van der Waals surface area (Å²) >= 11 is 0. The van der Waals surface area contributed by atoms with Gasteiger partial charge in [0.1, 0.15) is 6.04 Å². The third-order valence-electron chi connectivity index (χ3n) is 2.62. The molecule has 0 bridgehead atoms. The minimum absolute atomic E-state index is 0.119. The van der Waals surface area contributed by atoms with Gasteiger partial charge in [-0.05, 0) is 0 Å². The van der Waals surface area contributed by atoms with Crippen LogP contribution in [0.1, 0.15) is 11.5 Å². The van der Waals surface area contributed by atoms with Gasteiger partial charge in [-0.3, -0.25) is 0 Å². The summed E-state index contributed by atoms with van der Waals surface area (Å²) in [6.07, 6.45) is 4.65. The van der Waals surface area contributed by atoms with Crippen LogP contribution in [0.3, 0.4) is 0 Å². The Hall–Kier alpha value is -2.91. The zero-order chi connectivity index (χ0) is 15.1. The van der Waals surface area contributed by atoms with Crippen molar-refractivity contribution in [3.63, 3.8) is 0 Å². The number of carboxylic acid groups (broad SMARTS) is 1. The SMILES string of the molecule is O=C(NCCc1ncon1)N[C@@H](Cc1cnc[nH]1)C(=O)O. The topological polar surface area (TPSA) is 146 Å². The van der Waals surface area contributed by atoms with E-state index in [0.717, 1.165) is 0 Å². The molecule has 10 nitrogen and oxygen atoms in total. The van der Waals surface area contributed by atoms with Crippen molar-refractivity contribution < 1.29 is 19.2 Å². The Bertz CT molecular complexity index is 568. The normalized spacial score (nSPS) is 11.8. The molecule has 2 amide bonds. The van der Waals surface area contributed by atoms with E-state index in [1.807, 2.05) is 0 Å². The minimum atomic E-state index is -1.13. The maximum Gasteiger partial charge on any atom is 0.326 e. The summed E-state index contributed by atoms with van der Waals surface area (Å²) in [6, 6.07) is -1.62. The Morgan fingerprint density at radius 2 is 2.33 bits per heavy atom. The predicted octanol–water partition coefficient (Wildman–Crippen LogP) is -0.670. The molecule has 4 N–H and O–H groups in total. The molecule has 0 aliphatic carbocycles. The maximum atomic E-state index is 11.6. The molecule has 0 aromatic carbocycles. The van der Waals surface area contributed by atoms with Crippen molar-refractivity contribution in [3.05, 3.63) is 30.4 Å². The van der Waals surface area contributed by atoms with Crippen LogP contribution in [0, 0.1) is 0 Å². The van der Waals surface area contributed by atoms with E-state index < -0.39 is 18.0 Å². The third kappa shape index (κ3) is 4.60. The lowest BCUT2D eigenvalue weighted by molar-refractivity contribution is -0.139. The van der Waals surface area contributed by atoms with Crippen molar-refractivity contribution in [2.45, 2.75) is 18.9 Å². The summed E-state index contributed by atoms with van der Waals surface area (Å²) in [5.74, 6) is -0.666. The number of imidazole rings is 1. The lowest BCUT2D eigenvalue weighted by atomic mass is 10.2. The number of hydrogen-bond acceptors (Lipinski definition) is 6. The van der Waals surface area contributed by atoms with Crippen LogP contribution in [0.2, 0.25) is 0 Å². The van der Waals surface area contributed by atoms with Gasteiger partial charge < -0.3 is 25.2 Å². The molecule has 112 valence electrons. The lowest BCUT2D eigenvalue weighted by Gasteiger charge is -2.14. The second-order valence-electron chi connectivity index (χ2n) is 4.17. The summed E-state index contributed by atoms with van der Waals surface area (Å²) in [5, 5.41) is 17.6. The van der Waals surface area contributed by atoms with Crippen LogP contribution in [-0.4, -0.2) is 49.8 Å². The van der Waals surface area contributed by atoms with Crippen LogP contribution in [0.4, 0.5) is 4.79 Å². The molecule has 2 aromatic heterocycles. The number of urea groups is 1. The molecule has 0 aliphatic rings. The Labute approximate surface area is 119 Å². The van der Waals surface area contributed by atoms with E-state index in [1.54, 1.807) is 0 Å². The van der Waals surface area contributed by atoms with E-state index >= 15 is 0 Å². The smallest absolute Gasteiger partial charge is 0.326 e. The first kappa shape index (κ1) is 14.5. The number of carbonyl (C=O) groups excluding carboxylic acids is 1. The first-order chi connectivity index (χ1) is 10.1. The summed E-state index contributed by atoms with van der Waals surface area (Å²) in [6.45, 7) is 0.266. The highest BCUT2D eigenvalue weighted by atomic mass is 16.5. The fourth-order valence-electron chi connectivity index (χ4n) is 1.62. The van der Waals surface area contributed by atoms with Crippen molar-refractivity contribution in [3.8, 4) is 0 Å². The molecular formula is C11H14N6O4. The Balaban J connectivity index is 1.76. The van der Waals surface area contributed by atoms with Gasteiger partial charge in [0.25, 0.3) is 0 Å². The van der Waals surface area contributed by atoms with E-state index in [-0.39, 0.29) is 13.0 Å². The number of hydrogen-bond donors (Lipinski definition) is 4. The molecule has 2 aromatic rings. The van der Waals surface area contributed by atoms with Crippen molar-refractivity contribution in [2.75, 3.05) is 6.54 Å². The fraction of sp³-hybridized carbons (Fsp3) is 0.364. The minimum Gasteiger partial charge on any atom is -0.480 e. The molecule has 10 heteroatoms. The van der Waals surface area contributed by atoms with Crippen LogP contribution in [-0.2, 0) is 17.6 Å². The molecule has 0 aliphatic heterocycles. The van der Waals surface area contributed by atoms with Crippen LogP contribution >= 0.6 is 0 Å². The summed E-state index contributed by atoms with van der Waals surface area (Å²) in [5.41, 5.74) is 0.620. The summed E-state index contributed by atoms with van der Waals surface area (Å²) < 4.78 is 4.55. The van der Waals surface area contributed by atoms with Gasteiger partial charge in [0.2, 0.25) is 6.39 Å². The molecule has 0 saturated carbocycles. The average Bonchev–Trinajstić information content (AvgIpc) is 3.10. The van der Waals surface area contributed by atoms with Gasteiger partial charge >= 0.3 is 12.0 Å². The summed E-state index contributed by atoms with van der Waals surface area (Å²) in [4.78, 5) is 33.1. The number of H-pyrrole nitrogens is 1. The van der Waals surface area contributed by atoms with Gasteiger partial charge in [0.05, 0.1) is 6.33 Å². The predicted molar refractivity (Wildman–Crippen MR) is 68.3 cm³/mol. The molecule has 0 spiro atoms. The number of carboxylic acids is 1. The quantitative estimate of drug-likeness (QED) is 0.529. The van der Waals surface area contributed by atoms with E-state index in [1.165, 1.54) is 18.9 Å². The van der Waals surface area contributed by atoms with Crippen molar-refractivity contribution in [1.29, 1.82) is 0 Å². The van der Waals surface area contributed by atoms with Crippen molar-refractivity contribution in [2.24, 2.45) is 0 Å². The van der Waals surface area contributed by atoms with Crippen LogP contribution in [0.15, 0.2) is 23.4 Å². The van der Waals surface area contributed by atoms with Gasteiger partial charge in [-0.1, -0.05) is 5.16 Å². The number of rotatable bonds is 7. The highest BCUT2D eigenvalue weighted by Gasteiger charge is 2.20. The maximum absolute atomic E-state index is 11.6. The van der Waals surface area contributed by atoms with E-state index in [2.05, 4.69) is 35.3 Å². The molecule has 2 heterocycles. The number of aromatic nitrogens is 4. The van der Waals surface area contributed by atoms with Crippen molar-refractivity contribution >= 4 is 12.0 Å². The molecule has 1 atom stereocenters. The highest BCUT2D eigenvalue weighted by molar-refractivity contribution is 5.82. The number of amides is 2.